The van der Waals surface area contributed by atoms with Gasteiger partial charge >= 0.3 is 0 Å². The molecule has 214 valence electrons. The molecular formula is C32H41N3O5. The van der Waals surface area contributed by atoms with E-state index in [0.717, 1.165) is 31.2 Å². The molecule has 4 aliphatic heterocycles. The lowest BCUT2D eigenvalue weighted by Gasteiger charge is -2.40. The summed E-state index contributed by atoms with van der Waals surface area (Å²) in [7, 11) is 0. The number of likely N-dealkylation sites (tertiary alicyclic amines) is 1. The Labute approximate surface area is 236 Å². The number of ether oxygens (including phenoxy) is 1. The summed E-state index contributed by atoms with van der Waals surface area (Å²) < 4.78 is 6.93. The van der Waals surface area contributed by atoms with Crippen LogP contribution in [0.2, 0.25) is 0 Å². The molecule has 2 saturated heterocycles. The van der Waals surface area contributed by atoms with Gasteiger partial charge in [-0.05, 0) is 38.2 Å². The minimum absolute atomic E-state index is 0.0260. The van der Waals surface area contributed by atoms with Gasteiger partial charge in [0.1, 0.15) is 11.6 Å². The van der Waals surface area contributed by atoms with Crippen molar-refractivity contribution in [3.63, 3.8) is 0 Å². The molecule has 5 atom stereocenters. The van der Waals surface area contributed by atoms with Crippen molar-refractivity contribution in [2.24, 2.45) is 11.8 Å². The largest absolute Gasteiger partial charge is 0.396 e. The highest BCUT2D eigenvalue weighted by atomic mass is 16.5. The Morgan fingerprint density at radius 2 is 1.65 bits per heavy atom. The Morgan fingerprint density at radius 3 is 2.40 bits per heavy atom. The summed E-state index contributed by atoms with van der Waals surface area (Å²) in [6, 6.07) is 9.20. The van der Waals surface area contributed by atoms with E-state index in [1.165, 1.54) is 6.42 Å². The molecule has 1 N–H and O–H groups in total. The van der Waals surface area contributed by atoms with E-state index in [1.54, 1.807) is 9.80 Å². The van der Waals surface area contributed by atoms with Crippen molar-refractivity contribution < 1.29 is 24.2 Å². The van der Waals surface area contributed by atoms with Crippen LogP contribution in [0.5, 0.6) is 0 Å². The first-order chi connectivity index (χ1) is 19.4. The minimum atomic E-state index is -1.22. The van der Waals surface area contributed by atoms with Gasteiger partial charge in [0.2, 0.25) is 17.7 Å². The van der Waals surface area contributed by atoms with Crippen molar-refractivity contribution in [2.75, 3.05) is 26.2 Å². The van der Waals surface area contributed by atoms with E-state index in [9.17, 15) is 19.5 Å². The fraction of sp³-hybridized carbons (Fsp3) is 0.594. The molecule has 0 radical (unpaired) electrons. The summed E-state index contributed by atoms with van der Waals surface area (Å²) in [5.41, 5.74) is -1.20. The Morgan fingerprint density at radius 1 is 0.900 bits per heavy atom. The maximum absolute atomic E-state index is 14.5. The molecule has 1 aromatic rings. The van der Waals surface area contributed by atoms with E-state index in [4.69, 9.17) is 4.74 Å². The lowest BCUT2D eigenvalue weighted by molar-refractivity contribution is -0.154. The second-order valence-electron chi connectivity index (χ2n) is 12.3. The van der Waals surface area contributed by atoms with Gasteiger partial charge in [-0.1, -0.05) is 73.9 Å². The Hall–Kier alpha value is -2.97. The standard InChI is InChI=1S/C32H41N3O5/c1-31-16-10-18-33(22-23-12-4-2-5-13-23)28(37)25(31)26-29(38)35(19-8-9-21-36)27-30(39)34(24-14-6-3-7-15-24)20-11-17-32(26,27)40-31/h2,4-5,10-13,16-17,24-27,36H,3,6-9,14-15,18-22H2,1H3/t25-,26-,27?,31+,32-/m0/s1. The summed E-state index contributed by atoms with van der Waals surface area (Å²) in [5, 5.41) is 9.44. The molecule has 4 heterocycles. The van der Waals surface area contributed by atoms with Crippen LogP contribution in [0.3, 0.4) is 0 Å². The SMILES string of the molecule is C[C@@]12C=CCN(Cc3ccccc3)C(=O)[C@@H]1[C@H]1C(=O)N(CCCCO)C3C(=O)N(C4CCCCC4)CC=C[C@@]31O2. The molecule has 0 aromatic heterocycles. The fourth-order valence-corrected chi connectivity index (χ4v) is 7.89. The number of aliphatic hydroxyl groups excluding tert-OH is 1. The summed E-state index contributed by atoms with van der Waals surface area (Å²) in [6.45, 7) is 3.64. The molecule has 8 heteroatoms. The van der Waals surface area contributed by atoms with Crippen molar-refractivity contribution in [1.29, 1.82) is 0 Å². The highest BCUT2D eigenvalue weighted by molar-refractivity contribution is 6.00. The van der Waals surface area contributed by atoms with E-state index in [-0.39, 0.29) is 30.4 Å². The maximum atomic E-state index is 14.5. The highest BCUT2D eigenvalue weighted by Crippen LogP contribution is 2.57. The first-order valence-corrected chi connectivity index (χ1v) is 15.0. The topological polar surface area (TPSA) is 90.4 Å². The Bertz CT molecular complexity index is 1190. The van der Waals surface area contributed by atoms with Crippen molar-refractivity contribution in [3.05, 3.63) is 60.2 Å². The van der Waals surface area contributed by atoms with E-state index in [2.05, 4.69) is 0 Å². The third kappa shape index (κ3) is 4.40. The van der Waals surface area contributed by atoms with Crippen LogP contribution < -0.4 is 0 Å². The molecule has 0 bridgehead atoms. The first kappa shape index (κ1) is 27.2. The van der Waals surface area contributed by atoms with Crippen LogP contribution >= 0.6 is 0 Å². The second-order valence-corrected chi connectivity index (χ2v) is 12.3. The number of amides is 3. The van der Waals surface area contributed by atoms with Crippen LogP contribution in [-0.4, -0.2) is 87.1 Å². The first-order valence-electron chi connectivity index (χ1n) is 15.0. The number of nitrogens with zero attached hydrogens (tertiary/aromatic N) is 3. The van der Waals surface area contributed by atoms with Gasteiger partial charge in [0.05, 0.1) is 17.4 Å². The van der Waals surface area contributed by atoms with Crippen molar-refractivity contribution >= 4 is 17.7 Å². The molecule has 6 rings (SSSR count). The lowest BCUT2D eigenvalue weighted by Crippen LogP contribution is -2.57. The number of unbranched alkanes of at least 4 members (excludes halogenated alkanes) is 1. The number of rotatable bonds is 7. The molecule has 1 aliphatic carbocycles. The van der Waals surface area contributed by atoms with Crippen molar-refractivity contribution in [3.8, 4) is 0 Å². The van der Waals surface area contributed by atoms with E-state index < -0.39 is 29.1 Å². The van der Waals surface area contributed by atoms with Crippen LogP contribution in [-0.2, 0) is 25.7 Å². The van der Waals surface area contributed by atoms with Gasteiger partial charge in [-0.2, -0.15) is 0 Å². The zero-order valence-corrected chi connectivity index (χ0v) is 23.4. The van der Waals surface area contributed by atoms with Gasteiger partial charge in [0.15, 0.2) is 0 Å². The van der Waals surface area contributed by atoms with E-state index >= 15 is 0 Å². The molecular weight excluding hydrogens is 506 g/mol. The van der Waals surface area contributed by atoms with E-state index in [0.29, 0.717) is 39.0 Å². The average Bonchev–Trinajstić information content (AvgIpc) is 3.22. The summed E-state index contributed by atoms with van der Waals surface area (Å²) in [6.07, 6.45) is 14.3. The molecule has 3 fully saturated rings. The van der Waals surface area contributed by atoms with Crippen molar-refractivity contribution in [2.45, 2.75) is 81.7 Å². The predicted molar refractivity (Wildman–Crippen MR) is 150 cm³/mol. The summed E-state index contributed by atoms with van der Waals surface area (Å²) >= 11 is 0. The molecule has 40 heavy (non-hydrogen) atoms. The Kier molecular flexibility index (Phi) is 7.34. The van der Waals surface area contributed by atoms with Crippen LogP contribution in [0, 0.1) is 11.8 Å². The number of hydrogen-bond acceptors (Lipinski definition) is 5. The molecule has 1 unspecified atom stereocenters. The number of carbonyl (C=O) groups is 3. The number of carbonyl (C=O) groups excluding carboxylic acids is 3. The van der Waals surface area contributed by atoms with Gasteiger partial charge in [0, 0.05) is 38.8 Å². The molecule has 3 amide bonds. The van der Waals surface area contributed by atoms with Crippen LogP contribution in [0.1, 0.15) is 57.4 Å². The molecule has 1 spiro atoms. The molecule has 1 saturated carbocycles. The third-order valence-electron chi connectivity index (χ3n) is 9.71. The number of benzene rings is 1. The molecule has 5 aliphatic rings. The van der Waals surface area contributed by atoms with Gasteiger partial charge in [-0.3, -0.25) is 14.4 Å². The van der Waals surface area contributed by atoms with Crippen LogP contribution in [0.25, 0.3) is 0 Å². The van der Waals surface area contributed by atoms with Gasteiger partial charge in [-0.25, -0.2) is 0 Å². The zero-order valence-electron chi connectivity index (χ0n) is 23.4. The van der Waals surface area contributed by atoms with Gasteiger partial charge < -0.3 is 24.5 Å². The Balaban J connectivity index is 1.39. The van der Waals surface area contributed by atoms with Crippen LogP contribution in [0.4, 0.5) is 0 Å². The quantitative estimate of drug-likeness (QED) is 0.419. The molecule has 8 nitrogen and oxygen atoms in total. The van der Waals surface area contributed by atoms with Crippen LogP contribution in [0.15, 0.2) is 54.6 Å². The average molecular weight is 548 g/mol. The lowest BCUT2D eigenvalue weighted by atomic mass is 9.74. The van der Waals surface area contributed by atoms with E-state index in [1.807, 2.05) is 66.5 Å². The maximum Gasteiger partial charge on any atom is 0.249 e. The highest BCUT2D eigenvalue weighted by Gasteiger charge is 2.74. The summed E-state index contributed by atoms with van der Waals surface area (Å²) in [5.74, 6) is -1.92. The normalized spacial score (nSPS) is 34.1. The molecule has 1 aromatic carbocycles. The fourth-order valence-electron chi connectivity index (χ4n) is 7.89. The number of aliphatic hydroxyl groups is 1. The second kappa shape index (κ2) is 10.8. The zero-order chi connectivity index (χ0) is 27.9. The smallest absolute Gasteiger partial charge is 0.249 e. The third-order valence-corrected chi connectivity index (χ3v) is 9.71. The van der Waals surface area contributed by atoms with Gasteiger partial charge in [0.25, 0.3) is 0 Å². The van der Waals surface area contributed by atoms with Crippen molar-refractivity contribution in [1.82, 2.24) is 14.7 Å². The minimum Gasteiger partial charge on any atom is -0.396 e. The predicted octanol–water partition coefficient (Wildman–Crippen LogP) is 3.06. The van der Waals surface area contributed by atoms with Gasteiger partial charge in [-0.15, -0.1) is 0 Å². The monoisotopic (exact) mass is 547 g/mol. The number of fused-ring (bicyclic) bond motifs is 2. The number of hydrogen-bond donors (Lipinski definition) is 1. The summed E-state index contributed by atoms with van der Waals surface area (Å²) in [4.78, 5) is 48.6.